The number of fused-ring (bicyclic) bond motifs is 2. The number of nitrogens with zero attached hydrogens (tertiary/aromatic N) is 3. The number of halogens is 4. The number of ether oxygens (including phenoxy) is 1. The number of alkyl halides is 3. The molecule has 1 N–H and O–H groups in total. The number of nitrogens with one attached hydrogen (secondary N) is 1. The summed E-state index contributed by atoms with van der Waals surface area (Å²) in [6.07, 6.45) is -0.322. The summed E-state index contributed by atoms with van der Waals surface area (Å²) in [5.41, 5.74) is 0.203. The standard InChI is InChI=1S/C25H20BrF3N4O3S/c1-2-36-24(35)20-15-5-3-4-6-18(15)37-23(20)32-22(34)16-12-30-33-19(25(27,28)29)11-17(31-21(16)33)13-7-9-14(26)10-8-13/h7-12H,2-6H2,1H3,(H,32,34). The number of carbonyl (C=O) groups excluding carboxylic acids is 2. The Morgan fingerprint density at radius 2 is 1.92 bits per heavy atom. The van der Waals surface area contributed by atoms with E-state index in [1.165, 1.54) is 11.3 Å². The highest BCUT2D eigenvalue weighted by atomic mass is 79.9. The van der Waals surface area contributed by atoms with Crippen LogP contribution in [-0.4, -0.2) is 33.1 Å². The number of rotatable bonds is 5. The molecule has 0 bridgehead atoms. The Labute approximate surface area is 221 Å². The number of aromatic nitrogens is 3. The van der Waals surface area contributed by atoms with Crippen LogP contribution in [0.2, 0.25) is 0 Å². The molecule has 1 aromatic carbocycles. The van der Waals surface area contributed by atoms with Crippen molar-refractivity contribution in [2.75, 3.05) is 11.9 Å². The number of esters is 1. The number of anilines is 1. The van der Waals surface area contributed by atoms with Crippen molar-refractivity contribution in [3.8, 4) is 11.3 Å². The van der Waals surface area contributed by atoms with Crippen molar-refractivity contribution in [2.45, 2.75) is 38.8 Å². The lowest BCUT2D eigenvalue weighted by Gasteiger charge is -2.12. The van der Waals surface area contributed by atoms with E-state index in [1.807, 2.05) is 0 Å². The van der Waals surface area contributed by atoms with Crippen molar-refractivity contribution < 1.29 is 27.5 Å². The molecular weight excluding hydrogens is 573 g/mol. The van der Waals surface area contributed by atoms with Crippen LogP contribution >= 0.6 is 27.3 Å². The molecule has 3 heterocycles. The zero-order chi connectivity index (χ0) is 26.3. The van der Waals surface area contributed by atoms with Gasteiger partial charge in [-0.3, -0.25) is 4.79 Å². The first-order valence-corrected chi connectivity index (χ1v) is 13.1. The molecule has 0 radical (unpaired) electrons. The summed E-state index contributed by atoms with van der Waals surface area (Å²) in [7, 11) is 0. The van der Waals surface area contributed by atoms with Crippen molar-refractivity contribution in [1.29, 1.82) is 0 Å². The molecule has 0 spiro atoms. The molecule has 192 valence electrons. The Morgan fingerprint density at radius 1 is 1.19 bits per heavy atom. The summed E-state index contributed by atoms with van der Waals surface area (Å²) in [5, 5.41) is 6.87. The Bertz CT molecular complexity index is 1510. The molecule has 0 atom stereocenters. The highest BCUT2D eigenvalue weighted by Gasteiger charge is 2.36. The molecule has 0 saturated heterocycles. The van der Waals surface area contributed by atoms with Crippen LogP contribution in [0.4, 0.5) is 18.2 Å². The molecule has 12 heteroatoms. The van der Waals surface area contributed by atoms with Gasteiger partial charge in [-0.25, -0.2) is 14.3 Å². The van der Waals surface area contributed by atoms with E-state index < -0.39 is 23.7 Å². The highest BCUT2D eigenvalue weighted by molar-refractivity contribution is 9.10. The van der Waals surface area contributed by atoms with E-state index in [4.69, 9.17) is 4.74 Å². The lowest BCUT2D eigenvalue weighted by Crippen LogP contribution is -2.17. The number of hydrogen-bond acceptors (Lipinski definition) is 6. The van der Waals surface area contributed by atoms with Gasteiger partial charge in [-0.15, -0.1) is 11.3 Å². The molecule has 0 saturated carbocycles. The van der Waals surface area contributed by atoms with Gasteiger partial charge in [-0.2, -0.15) is 18.3 Å². The number of carbonyl (C=O) groups is 2. The summed E-state index contributed by atoms with van der Waals surface area (Å²) in [4.78, 5) is 31.4. The lowest BCUT2D eigenvalue weighted by atomic mass is 9.95. The van der Waals surface area contributed by atoms with Gasteiger partial charge in [-0.05, 0) is 56.4 Å². The van der Waals surface area contributed by atoms with E-state index in [2.05, 4.69) is 31.3 Å². The Morgan fingerprint density at radius 3 is 2.62 bits per heavy atom. The van der Waals surface area contributed by atoms with Gasteiger partial charge in [0.1, 0.15) is 10.6 Å². The summed E-state index contributed by atoms with van der Waals surface area (Å²) in [6, 6.07) is 7.53. The minimum atomic E-state index is -4.74. The summed E-state index contributed by atoms with van der Waals surface area (Å²) in [5.74, 6) is -1.25. The zero-order valence-electron chi connectivity index (χ0n) is 19.5. The highest BCUT2D eigenvalue weighted by Crippen LogP contribution is 2.39. The van der Waals surface area contributed by atoms with Crippen LogP contribution in [-0.2, 0) is 23.8 Å². The predicted octanol–water partition coefficient (Wildman–Crippen LogP) is 6.55. The van der Waals surface area contributed by atoms with E-state index in [0.29, 0.717) is 27.1 Å². The van der Waals surface area contributed by atoms with E-state index >= 15 is 0 Å². The SMILES string of the molecule is CCOC(=O)c1c(NC(=O)c2cnn3c(C(F)(F)F)cc(-c4ccc(Br)cc4)nc23)sc2c1CCCC2. The molecule has 1 aliphatic carbocycles. The molecule has 1 amide bonds. The first kappa shape index (κ1) is 25.4. The maximum atomic E-state index is 13.9. The third-order valence-corrected chi connectivity index (χ3v) is 7.76. The van der Waals surface area contributed by atoms with Crippen LogP contribution in [0, 0.1) is 0 Å². The van der Waals surface area contributed by atoms with Crippen LogP contribution < -0.4 is 5.32 Å². The number of hydrogen-bond donors (Lipinski definition) is 1. The van der Waals surface area contributed by atoms with Crippen molar-refractivity contribution in [2.24, 2.45) is 0 Å². The molecule has 0 aliphatic heterocycles. The van der Waals surface area contributed by atoms with Crippen molar-refractivity contribution in [3.05, 3.63) is 68.3 Å². The molecule has 4 aromatic rings. The molecule has 5 rings (SSSR count). The van der Waals surface area contributed by atoms with Gasteiger partial charge in [-0.1, -0.05) is 28.1 Å². The third-order valence-electron chi connectivity index (χ3n) is 6.02. The topological polar surface area (TPSA) is 85.6 Å². The normalized spacial score (nSPS) is 13.4. The van der Waals surface area contributed by atoms with Crippen molar-refractivity contribution in [3.63, 3.8) is 0 Å². The van der Waals surface area contributed by atoms with Crippen LogP contribution in [0.5, 0.6) is 0 Å². The fourth-order valence-electron chi connectivity index (χ4n) is 4.34. The second kappa shape index (κ2) is 9.90. The fraction of sp³-hybridized carbons (Fsp3) is 0.280. The minimum absolute atomic E-state index is 0.0423. The summed E-state index contributed by atoms with van der Waals surface area (Å²) < 4.78 is 48.4. The Balaban J connectivity index is 1.59. The maximum absolute atomic E-state index is 13.9. The average molecular weight is 593 g/mol. The molecule has 1 aliphatic rings. The number of aryl methyl sites for hydroxylation is 1. The van der Waals surface area contributed by atoms with Gasteiger partial charge in [0.05, 0.1) is 24.1 Å². The van der Waals surface area contributed by atoms with Crippen LogP contribution in [0.1, 0.15) is 56.6 Å². The number of benzene rings is 1. The van der Waals surface area contributed by atoms with Gasteiger partial charge in [0, 0.05) is 14.9 Å². The first-order chi connectivity index (χ1) is 17.7. The van der Waals surface area contributed by atoms with Crippen LogP contribution in [0.25, 0.3) is 16.9 Å². The van der Waals surface area contributed by atoms with Gasteiger partial charge < -0.3 is 10.1 Å². The number of amides is 1. The maximum Gasteiger partial charge on any atom is 0.433 e. The molecule has 3 aromatic heterocycles. The number of thiophene rings is 1. The monoisotopic (exact) mass is 592 g/mol. The van der Waals surface area contributed by atoms with E-state index in [-0.39, 0.29) is 23.5 Å². The molecular formula is C25H20BrF3N4O3S. The lowest BCUT2D eigenvalue weighted by molar-refractivity contribution is -0.142. The van der Waals surface area contributed by atoms with Gasteiger partial charge in [0.25, 0.3) is 5.91 Å². The second-order valence-electron chi connectivity index (χ2n) is 8.41. The van der Waals surface area contributed by atoms with E-state index in [9.17, 15) is 22.8 Å². The molecule has 0 fully saturated rings. The average Bonchev–Trinajstić information content (AvgIpc) is 3.44. The quantitative estimate of drug-likeness (QED) is 0.266. The van der Waals surface area contributed by atoms with Gasteiger partial charge in [0.15, 0.2) is 11.3 Å². The summed E-state index contributed by atoms with van der Waals surface area (Å²) in [6.45, 7) is 1.87. The first-order valence-electron chi connectivity index (χ1n) is 11.5. The zero-order valence-corrected chi connectivity index (χ0v) is 21.9. The van der Waals surface area contributed by atoms with Gasteiger partial charge >= 0.3 is 12.1 Å². The minimum Gasteiger partial charge on any atom is -0.462 e. The molecule has 7 nitrogen and oxygen atoms in total. The van der Waals surface area contributed by atoms with Crippen LogP contribution in [0.3, 0.4) is 0 Å². The van der Waals surface area contributed by atoms with Crippen molar-refractivity contribution >= 4 is 49.8 Å². The van der Waals surface area contributed by atoms with Gasteiger partial charge in [0.2, 0.25) is 0 Å². The smallest absolute Gasteiger partial charge is 0.433 e. The third kappa shape index (κ3) is 4.87. The fourth-order valence-corrected chi connectivity index (χ4v) is 5.87. The predicted molar refractivity (Wildman–Crippen MR) is 136 cm³/mol. The second-order valence-corrected chi connectivity index (χ2v) is 10.4. The Hall–Kier alpha value is -3.25. The largest absolute Gasteiger partial charge is 0.462 e. The molecule has 0 unspecified atom stereocenters. The Kier molecular flexibility index (Phi) is 6.80. The molecule has 37 heavy (non-hydrogen) atoms. The van der Waals surface area contributed by atoms with Crippen molar-refractivity contribution in [1.82, 2.24) is 14.6 Å². The van der Waals surface area contributed by atoms with E-state index in [0.717, 1.165) is 46.4 Å². The van der Waals surface area contributed by atoms with Crippen LogP contribution in [0.15, 0.2) is 41.0 Å². The summed E-state index contributed by atoms with van der Waals surface area (Å²) >= 11 is 4.60. The van der Waals surface area contributed by atoms with E-state index in [1.54, 1.807) is 31.2 Å².